The monoisotopic (exact) mass is 625 g/mol. The molecule has 0 aromatic heterocycles. The highest BCUT2D eigenvalue weighted by Crippen LogP contribution is 2.44. The molecule has 0 bridgehead atoms. The molecule has 8 rings (SSSR count). The van der Waals surface area contributed by atoms with Crippen LogP contribution in [-0.4, -0.2) is 0 Å². The average Bonchev–Trinajstić information content (AvgIpc) is 3.18. The molecule has 232 valence electrons. The van der Waals surface area contributed by atoms with Crippen LogP contribution in [0, 0.1) is 0 Å². The predicted octanol–water partition coefficient (Wildman–Crippen LogP) is 12.7. The maximum atomic E-state index is 6.48. The van der Waals surface area contributed by atoms with Crippen LogP contribution in [-0.2, 0) is 0 Å². The van der Waals surface area contributed by atoms with Gasteiger partial charge in [-0.1, -0.05) is 170 Å². The van der Waals surface area contributed by atoms with Crippen molar-refractivity contribution in [1.82, 2.24) is 0 Å². The SMILES string of the molecule is C=C(/C=C\C(=C/N)c1c2ccccc2c(-c2cc(-c3ccccc3)cc(-c3ccccc3)c2)c2ccccc12)c1cccc2ccccc12. The normalized spacial score (nSPS) is 11.9. The van der Waals surface area contributed by atoms with Gasteiger partial charge in [-0.25, -0.2) is 0 Å². The molecule has 0 saturated carbocycles. The molecular formula is C48H35N. The van der Waals surface area contributed by atoms with Crippen LogP contribution in [0.1, 0.15) is 11.1 Å². The lowest BCUT2D eigenvalue weighted by atomic mass is 9.84. The Labute approximate surface area is 287 Å². The largest absolute Gasteiger partial charge is 0.404 e. The number of allylic oxidation sites excluding steroid dienone is 4. The molecule has 0 aliphatic rings. The number of nitrogens with two attached hydrogens (primary N) is 1. The molecule has 49 heavy (non-hydrogen) atoms. The summed E-state index contributed by atoms with van der Waals surface area (Å²) >= 11 is 0. The highest BCUT2D eigenvalue weighted by atomic mass is 14.5. The van der Waals surface area contributed by atoms with Gasteiger partial charge in [0.15, 0.2) is 0 Å². The van der Waals surface area contributed by atoms with E-state index in [9.17, 15) is 0 Å². The van der Waals surface area contributed by atoms with Crippen molar-refractivity contribution in [1.29, 1.82) is 0 Å². The molecular weight excluding hydrogens is 591 g/mol. The minimum atomic E-state index is 0.938. The average molecular weight is 626 g/mol. The molecule has 1 nitrogen and oxygen atoms in total. The van der Waals surface area contributed by atoms with Crippen LogP contribution in [0.4, 0.5) is 0 Å². The van der Waals surface area contributed by atoms with E-state index in [1.54, 1.807) is 6.20 Å². The Morgan fingerprint density at radius 3 is 1.47 bits per heavy atom. The van der Waals surface area contributed by atoms with Gasteiger partial charge in [0.2, 0.25) is 0 Å². The quantitative estimate of drug-likeness (QED) is 0.138. The first-order chi connectivity index (χ1) is 24.2. The Morgan fingerprint density at radius 1 is 0.429 bits per heavy atom. The standard InChI is InChI=1S/C48H35N/c1-33(41-26-14-20-36-19-8-9-21-42(36)41)27-28-37(32-49)47-43-22-10-12-24-45(43)48(46-25-13-11-23-44(46)47)40-30-38(34-15-4-2-5-16-34)29-39(31-40)35-17-6-3-7-18-35/h2-32H,1,49H2/b28-27-,37-32+. The van der Waals surface area contributed by atoms with Crippen molar-refractivity contribution >= 4 is 43.5 Å². The van der Waals surface area contributed by atoms with Crippen LogP contribution in [0.3, 0.4) is 0 Å². The van der Waals surface area contributed by atoms with E-state index in [1.165, 1.54) is 54.9 Å². The molecule has 0 spiro atoms. The van der Waals surface area contributed by atoms with Gasteiger partial charge in [-0.2, -0.15) is 0 Å². The summed E-state index contributed by atoms with van der Waals surface area (Å²) in [6.07, 6.45) is 5.93. The van der Waals surface area contributed by atoms with E-state index in [-0.39, 0.29) is 0 Å². The van der Waals surface area contributed by atoms with E-state index in [0.29, 0.717) is 0 Å². The van der Waals surface area contributed by atoms with Crippen molar-refractivity contribution in [2.45, 2.75) is 0 Å². The van der Waals surface area contributed by atoms with E-state index >= 15 is 0 Å². The molecule has 0 heterocycles. The van der Waals surface area contributed by atoms with Crippen LogP contribution >= 0.6 is 0 Å². The summed E-state index contributed by atoms with van der Waals surface area (Å²) in [5.74, 6) is 0. The van der Waals surface area contributed by atoms with Crippen molar-refractivity contribution in [3.05, 3.63) is 206 Å². The Kier molecular flexibility index (Phi) is 7.93. The Bertz CT molecular complexity index is 2430. The fourth-order valence-corrected chi connectivity index (χ4v) is 7.12. The smallest absolute Gasteiger partial charge is 0.00180 e. The molecule has 0 atom stereocenters. The maximum absolute atomic E-state index is 6.48. The van der Waals surface area contributed by atoms with E-state index in [0.717, 1.165) is 33.0 Å². The summed E-state index contributed by atoms with van der Waals surface area (Å²) in [6.45, 7) is 4.46. The van der Waals surface area contributed by atoms with Gasteiger partial charge >= 0.3 is 0 Å². The zero-order valence-electron chi connectivity index (χ0n) is 27.2. The van der Waals surface area contributed by atoms with Crippen molar-refractivity contribution < 1.29 is 0 Å². The van der Waals surface area contributed by atoms with Crippen molar-refractivity contribution in [2.24, 2.45) is 5.73 Å². The molecule has 0 amide bonds. The molecule has 0 radical (unpaired) electrons. The predicted molar refractivity (Wildman–Crippen MR) is 212 cm³/mol. The van der Waals surface area contributed by atoms with Gasteiger partial charge < -0.3 is 5.73 Å². The highest BCUT2D eigenvalue weighted by molar-refractivity contribution is 6.20. The number of hydrogen-bond donors (Lipinski definition) is 1. The van der Waals surface area contributed by atoms with Crippen LogP contribution < -0.4 is 5.73 Å². The highest BCUT2D eigenvalue weighted by Gasteiger charge is 2.18. The summed E-state index contributed by atoms with van der Waals surface area (Å²) in [4.78, 5) is 0. The van der Waals surface area contributed by atoms with Crippen LogP contribution in [0.5, 0.6) is 0 Å². The van der Waals surface area contributed by atoms with E-state index in [2.05, 4.69) is 189 Å². The first kappa shape index (κ1) is 29.9. The summed E-state index contributed by atoms with van der Waals surface area (Å²) in [5.41, 5.74) is 17.7. The van der Waals surface area contributed by atoms with Crippen molar-refractivity contribution in [3.8, 4) is 33.4 Å². The molecule has 0 saturated heterocycles. The molecule has 0 aliphatic carbocycles. The van der Waals surface area contributed by atoms with Crippen molar-refractivity contribution in [2.75, 3.05) is 0 Å². The van der Waals surface area contributed by atoms with Crippen LogP contribution in [0.15, 0.2) is 195 Å². The second-order valence-corrected chi connectivity index (χ2v) is 12.4. The Morgan fingerprint density at radius 2 is 0.898 bits per heavy atom. The zero-order valence-corrected chi connectivity index (χ0v) is 27.2. The minimum Gasteiger partial charge on any atom is -0.404 e. The van der Waals surface area contributed by atoms with Gasteiger partial charge in [-0.15, -0.1) is 0 Å². The molecule has 8 aromatic rings. The van der Waals surface area contributed by atoms with Gasteiger partial charge in [0.25, 0.3) is 0 Å². The number of rotatable bonds is 7. The third-order valence-electron chi connectivity index (χ3n) is 9.44. The minimum absolute atomic E-state index is 0.938. The summed E-state index contributed by atoms with van der Waals surface area (Å²) in [6, 6.07) is 60.5. The summed E-state index contributed by atoms with van der Waals surface area (Å²) in [7, 11) is 0. The van der Waals surface area contributed by atoms with Crippen LogP contribution in [0.2, 0.25) is 0 Å². The lowest BCUT2D eigenvalue weighted by molar-refractivity contribution is 1.57. The van der Waals surface area contributed by atoms with Crippen molar-refractivity contribution in [3.63, 3.8) is 0 Å². The van der Waals surface area contributed by atoms with E-state index in [1.807, 2.05) is 0 Å². The number of fused-ring (bicyclic) bond motifs is 3. The molecule has 8 aromatic carbocycles. The molecule has 2 N–H and O–H groups in total. The molecule has 1 heteroatoms. The second-order valence-electron chi connectivity index (χ2n) is 12.4. The van der Waals surface area contributed by atoms with E-state index < -0.39 is 0 Å². The summed E-state index contributed by atoms with van der Waals surface area (Å²) in [5, 5.41) is 7.05. The zero-order chi connectivity index (χ0) is 33.2. The number of hydrogen-bond acceptors (Lipinski definition) is 1. The van der Waals surface area contributed by atoms with Gasteiger partial charge in [0, 0.05) is 6.20 Å². The summed E-state index contributed by atoms with van der Waals surface area (Å²) < 4.78 is 0. The third kappa shape index (κ3) is 5.62. The molecule has 0 aliphatic heterocycles. The third-order valence-corrected chi connectivity index (χ3v) is 9.44. The lowest BCUT2D eigenvalue weighted by Gasteiger charge is -2.19. The Balaban J connectivity index is 1.33. The van der Waals surface area contributed by atoms with Gasteiger partial charge in [0.1, 0.15) is 0 Å². The van der Waals surface area contributed by atoms with E-state index in [4.69, 9.17) is 5.73 Å². The van der Waals surface area contributed by atoms with Gasteiger partial charge in [-0.05, 0) is 106 Å². The Hall–Kier alpha value is -6.44. The maximum Gasteiger partial charge on any atom is 0.00180 e. The topological polar surface area (TPSA) is 26.0 Å². The van der Waals surface area contributed by atoms with Gasteiger partial charge in [-0.3, -0.25) is 0 Å². The lowest BCUT2D eigenvalue weighted by Crippen LogP contribution is -1.95. The first-order valence-electron chi connectivity index (χ1n) is 16.7. The first-order valence-corrected chi connectivity index (χ1v) is 16.7. The van der Waals surface area contributed by atoms with Crippen LogP contribution in [0.25, 0.3) is 76.8 Å². The molecule has 0 fully saturated rings. The second kappa shape index (κ2) is 13.0. The fourth-order valence-electron chi connectivity index (χ4n) is 7.12. The number of benzene rings is 8. The molecule has 0 unspecified atom stereocenters. The van der Waals surface area contributed by atoms with Gasteiger partial charge in [0.05, 0.1) is 0 Å². The fraction of sp³-hybridized carbons (Fsp3) is 0.